The van der Waals surface area contributed by atoms with Crippen molar-refractivity contribution in [2.45, 2.75) is 30.2 Å². The lowest BCUT2D eigenvalue weighted by Gasteiger charge is -2.11. The highest BCUT2D eigenvalue weighted by atomic mass is 35.5. The molecule has 0 spiro atoms. The second-order valence-corrected chi connectivity index (χ2v) is 7.38. The Bertz CT molecular complexity index is 605. The molecule has 9 heteroatoms. The topological polar surface area (TPSA) is 55.4 Å². The zero-order valence-corrected chi connectivity index (χ0v) is 11.6. The highest BCUT2D eigenvalue weighted by Crippen LogP contribution is 2.46. The molecule has 2 rings (SSSR count). The molecular formula is C11H11ClF3NO3S. The van der Waals surface area contributed by atoms with Crippen LogP contribution in [0.3, 0.4) is 0 Å². The summed E-state index contributed by atoms with van der Waals surface area (Å²) >= 11 is 5.79. The highest BCUT2D eigenvalue weighted by molar-refractivity contribution is 7.92. The van der Waals surface area contributed by atoms with Gasteiger partial charge in [-0.2, -0.15) is 8.78 Å². The van der Waals surface area contributed by atoms with Crippen molar-refractivity contribution in [2.24, 2.45) is 0 Å². The van der Waals surface area contributed by atoms with Crippen LogP contribution in [-0.2, 0) is 16.6 Å². The molecule has 0 bridgehead atoms. The fraction of sp³-hybridized carbons (Fsp3) is 0.455. The van der Waals surface area contributed by atoms with Crippen LogP contribution < -0.4 is 9.46 Å². The maximum Gasteiger partial charge on any atom is 0.387 e. The number of alkyl halides is 3. The van der Waals surface area contributed by atoms with Crippen LogP contribution in [0.2, 0.25) is 0 Å². The van der Waals surface area contributed by atoms with Gasteiger partial charge < -0.3 is 4.74 Å². The molecule has 1 aliphatic carbocycles. The molecule has 1 fully saturated rings. The summed E-state index contributed by atoms with van der Waals surface area (Å²) in [6, 6.07) is 3.23. The molecule has 1 aromatic carbocycles. The van der Waals surface area contributed by atoms with Crippen LogP contribution in [0.1, 0.15) is 18.4 Å². The smallest absolute Gasteiger partial charge is 0.387 e. The maximum atomic E-state index is 13.4. The summed E-state index contributed by atoms with van der Waals surface area (Å²) in [4.78, 5) is 0. The van der Waals surface area contributed by atoms with Crippen molar-refractivity contribution in [1.82, 2.24) is 4.72 Å². The van der Waals surface area contributed by atoms with E-state index >= 15 is 0 Å². The van der Waals surface area contributed by atoms with Crippen molar-refractivity contribution < 1.29 is 26.3 Å². The lowest BCUT2D eigenvalue weighted by molar-refractivity contribution is -0.0522. The molecule has 4 nitrogen and oxygen atoms in total. The second-order valence-electron chi connectivity index (χ2n) is 4.35. The Kier molecular flexibility index (Phi) is 4.17. The standard InChI is InChI=1S/C11H11ClF3NO3S/c12-11(3-4-11)20(17,18)16-6-7-1-2-9(8(13)5-7)19-10(14)15/h1-2,5,10,16H,3-4,6H2. The number of rotatable bonds is 6. The Labute approximate surface area is 118 Å². The third-order valence-electron chi connectivity index (χ3n) is 2.80. The maximum absolute atomic E-state index is 13.4. The fourth-order valence-electron chi connectivity index (χ4n) is 1.52. The van der Waals surface area contributed by atoms with Crippen LogP contribution in [-0.4, -0.2) is 19.2 Å². The molecule has 0 aliphatic heterocycles. The number of ether oxygens (including phenoxy) is 1. The Balaban J connectivity index is 2.02. The second kappa shape index (κ2) is 5.42. The van der Waals surface area contributed by atoms with Crippen molar-refractivity contribution in [2.75, 3.05) is 0 Å². The minimum Gasteiger partial charge on any atom is -0.432 e. The summed E-state index contributed by atoms with van der Waals surface area (Å²) in [5.74, 6) is -1.59. The normalized spacial score (nSPS) is 17.2. The van der Waals surface area contributed by atoms with Gasteiger partial charge in [-0.05, 0) is 30.5 Å². The summed E-state index contributed by atoms with van der Waals surface area (Å²) in [6.07, 6.45) is 0.721. The third kappa shape index (κ3) is 3.36. The van der Waals surface area contributed by atoms with Crippen LogP contribution in [0, 0.1) is 5.82 Å². The van der Waals surface area contributed by atoms with E-state index in [4.69, 9.17) is 11.6 Å². The van der Waals surface area contributed by atoms with Gasteiger partial charge in [-0.1, -0.05) is 6.07 Å². The first-order chi connectivity index (χ1) is 9.23. The number of nitrogens with one attached hydrogen (secondary N) is 1. The van der Waals surface area contributed by atoms with Gasteiger partial charge in [-0.15, -0.1) is 11.6 Å². The third-order valence-corrected chi connectivity index (χ3v) is 5.69. The Morgan fingerprint density at radius 3 is 2.55 bits per heavy atom. The summed E-state index contributed by atoms with van der Waals surface area (Å²) in [5, 5.41) is 0. The lowest BCUT2D eigenvalue weighted by Crippen LogP contribution is -2.32. The Hall–Kier alpha value is -0.990. The summed E-state index contributed by atoms with van der Waals surface area (Å²) in [5.41, 5.74) is 0.272. The first-order valence-electron chi connectivity index (χ1n) is 5.65. The van der Waals surface area contributed by atoms with E-state index in [-0.39, 0.29) is 12.1 Å². The summed E-state index contributed by atoms with van der Waals surface area (Å²) in [6.45, 7) is -3.30. The lowest BCUT2D eigenvalue weighted by atomic mass is 10.2. The van der Waals surface area contributed by atoms with Crippen LogP contribution >= 0.6 is 11.6 Å². The van der Waals surface area contributed by atoms with E-state index in [1.54, 1.807) is 0 Å². The zero-order chi connectivity index (χ0) is 15.0. The molecule has 0 unspecified atom stereocenters. The van der Waals surface area contributed by atoms with Gasteiger partial charge in [0.15, 0.2) is 15.8 Å². The van der Waals surface area contributed by atoms with Crippen LogP contribution in [0.4, 0.5) is 13.2 Å². The molecule has 20 heavy (non-hydrogen) atoms. The number of halogens is 4. The highest BCUT2D eigenvalue weighted by Gasteiger charge is 2.53. The van der Waals surface area contributed by atoms with Crippen LogP contribution in [0.5, 0.6) is 5.75 Å². The summed E-state index contributed by atoms with van der Waals surface area (Å²) in [7, 11) is -3.69. The fourth-order valence-corrected chi connectivity index (χ4v) is 3.03. The van der Waals surface area contributed by atoms with Gasteiger partial charge in [0.25, 0.3) is 0 Å². The van der Waals surface area contributed by atoms with E-state index in [1.807, 2.05) is 0 Å². The molecule has 0 heterocycles. The van der Waals surface area contributed by atoms with Crippen molar-refractivity contribution >= 4 is 21.6 Å². The van der Waals surface area contributed by atoms with Gasteiger partial charge in [0.1, 0.15) is 0 Å². The molecular weight excluding hydrogens is 319 g/mol. The minimum atomic E-state index is -3.69. The molecule has 1 saturated carbocycles. The van der Waals surface area contributed by atoms with E-state index in [2.05, 4.69) is 9.46 Å². The van der Waals surface area contributed by atoms with Gasteiger partial charge in [-0.25, -0.2) is 17.5 Å². The monoisotopic (exact) mass is 329 g/mol. The minimum absolute atomic E-state index is 0.178. The van der Waals surface area contributed by atoms with Crippen molar-refractivity contribution in [1.29, 1.82) is 0 Å². The predicted molar refractivity (Wildman–Crippen MR) is 66.6 cm³/mol. The van der Waals surface area contributed by atoms with Gasteiger partial charge in [0, 0.05) is 6.54 Å². The van der Waals surface area contributed by atoms with Crippen LogP contribution in [0.15, 0.2) is 18.2 Å². The average molecular weight is 330 g/mol. The molecule has 1 N–H and O–H groups in total. The number of sulfonamides is 1. The van der Waals surface area contributed by atoms with E-state index in [1.165, 1.54) is 6.07 Å². The summed E-state index contributed by atoms with van der Waals surface area (Å²) < 4.78 is 65.7. The van der Waals surface area contributed by atoms with Gasteiger partial charge in [0.05, 0.1) is 0 Å². The molecule has 0 amide bonds. The number of hydrogen-bond acceptors (Lipinski definition) is 3. The van der Waals surface area contributed by atoms with Crippen molar-refractivity contribution in [3.8, 4) is 5.75 Å². The number of benzene rings is 1. The quantitative estimate of drug-likeness (QED) is 0.816. The molecule has 0 radical (unpaired) electrons. The van der Waals surface area contributed by atoms with E-state index in [0.29, 0.717) is 12.8 Å². The van der Waals surface area contributed by atoms with E-state index < -0.39 is 32.4 Å². The Morgan fingerprint density at radius 2 is 2.05 bits per heavy atom. The van der Waals surface area contributed by atoms with E-state index in [9.17, 15) is 21.6 Å². The largest absolute Gasteiger partial charge is 0.432 e. The predicted octanol–water partition coefficient (Wildman–Crippen LogP) is 2.58. The first kappa shape index (κ1) is 15.4. The molecule has 112 valence electrons. The molecule has 1 aromatic rings. The van der Waals surface area contributed by atoms with Gasteiger partial charge in [0.2, 0.25) is 10.0 Å². The average Bonchev–Trinajstić information content (AvgIpc) is 3.09. The zero-order valence-electron chi connectivity index (χ0n) is 10.1. The number of hydrogen-bond donors (Lipinski definition) is 1. The van der Waals surface area contributed by atoms with Gasteiger partial charge in [-0.3, -0.25) is 0 Å². The van der Waals surface area contributed by atoms with E-state index in [0.717, 1.165) is 12.1 Å². The molecule has 0 atom stereocenters. The van der Waals surface area contributed by atoms with Crippen molar-refractivity contribution in [3.63, 3.8) is 0 Å². The van der Waals surface area contributed by atoms with Crippen molar-refractivity contribution in [3.05, 3.63) is 29.6 Å². The SMILES string of the molecule is O=S(=O)(NCc1ccc(OC(F)F)c(F)c1)C1(Cl)CC1. The van der Waals surface area contributed by atoms with Gasteiger partial charge >= 0.3 is 6.61 Å². The molecule has 0 saturated heterocycles. The Morgan fingerprint density at radius 1 is 1.40 bits per heavy atom. The van der Waals surface area contributed by atoms with Crippen LogP contribution in [0.25, 0.3) is 0 Å². The molecule has 1 aliphatic rings. The molecule has 0 aromatic heterocycles. The first-order valence-corrected chi connectivity index (χ1v) is 7.51.